The van der Waals surface area contributed by atoms with Crippen LogP contribution in [0.4, 0.5) is 4.79 Å². The molecule has 1 saturated carbocycles. The van der Waals surface area contributed by atoms with Crippen LogP contribution in [-0.4, -0.2) is 31.0 Å². The second kappa shape index (κ2) is 7.12. The summed E-state index contributed by atoms with van der Waals surface area (Å²) in [5.74, 6) is 0.0948. The molecule has 1 fully saturated rings. The standard InChI is InChI=1S/C22H25NO3/c24-13-5-10-22(11-12-22)15-23-21(25)26-14-20-18-8-3-1-6-16(18)17-7-2-4-9-19(17)20/h1-4,6-9,20,24H,5,10-15H2,(H,23,25). The highest BCUT2D eigenvalue weighted by Crippen LogP contribution is 2.49. The van der Waals surface area contributed by atoms with Crippen molar-refractivity contribution in [1.82, 2.24) is 5.32 Å². The van der Waals surface area contributed by atoms with Gasteiger partial charge in [0.1, 0.15) is 6.61 Å². The van der Waals surface area contributed by atoms with Gasteiger partial charge in [-0.3, -0.25) is 0 Å². The fourth-order valence-electron chi connectivity index (χ4n) is 4.06. The van der Waals surface area contributed by atoms with Crippen LogP contribution in [0.25, 0.3) is 11.1 Å². The van der Waals surface area contributed by atoms with Gasteiger partial charge in [0, 0.05) is 19.1 Å². The van der Waals surface area contributed by atoms with E-state index in [4.69, 9.17) is 9.84 Å². The molecular weight excluding hydrogens is 326 g/mol. The maximum Gasteiger partial charge on any atom is 0.407 e. The van der Waals surface area contributed by atoms with Gasteiger partial charge in [0.15, 0.2) is 0 Å². The summed E-state index contributed by atoms with van der Waals surface area (Å²) in [6.07, 6.45) is 3.66. The van der Waals surface area contributed by atoms with Crippen molar-refractivity contribution in [2.75, 3.05) is 19.8 Å². The van der Waals surface area contributed by atoms with Gasteiger partial charge in [0.25, 0.3) is 0 Å². The third kappa shape index (κ3) is 3.34. The van der Waals surface area contributed by atoms with E-state index in [1.165, 1.54) is 22.3 Å². The maximum atomic E-state index is 12.2. The summed E-state index contributed by atoms with van der Waals surface area (Å²) in [6.45, 7) is 1.21. The number of carbonyl (C=O) groups is 1. The van der Waals surface area contributed by atoms with Crippen molar-refractivity contribution in [3.63, 3.8) is 0 Å². The molecule has 2 N–H and O–H groups in total. The molecule has 0 bridgehead atoms. The van der Waals surface area contributed by atoms with Crippen LogP contribution in [0.5, 0.6) is 0 Å². The molecule has 4 heteroatoms. The van der Waals surface area contributed by atoms with Gasteiger partial charge < -0.3 is 15.2 Å². The molecule has 2 aromatic carbocycles. The zero-order valence-electron chi connectivity index (χ0n) is 14.9. The van der Waals surface area contributed by atoms with Gasteiger partial charge in [0.05, 0.1) is 0 Å². The van der Waals surface area contributed by atoms with Crippen molar-refractivity contribution >= 4 is 6.09 Å². The lowest BCUT2D eigenvalue weighted by molar-refractivity contribution is 0.140. The zero-order chi connectivity index (χ0) is 18.0. The molecule has 0 spiro atoms. The Balaban J connectivity index is 1.37. The summed E-state index contributed by atoms with van der Waals surface area (Å²) in [4.78, 5) is 12.2. The Morgan fingerprint density at radius 1 is 1.08 bits per heavy atom. The molecule has 0 heterocycles. The third-order valence-electron chi connectivity index (χ3n) is 5.77. The number of nitrogens with one attached hydrogen (secondary N) is 1. The number of aliphatic hydroxyl groups is 1. The van der Waals surface area contributed by atoms with Crippen molar-refractivity contribution in [1.29, 1.82) is 0 Å². The number of benzene rings is 2. The predicted octanol–water partition coefficient (Wildman–Crippen LogP) is 4.08. The van der Waals surface area contributed by atoms with Crippen molar-refractivity contribution in [3.8, 4) is 11.1 Å². The highest BCUT2D eigenvalue weighted by Gasteiger charge is 2.42. The minimum Gasteiger partial charge on any atom is -0.449 e. The quantitative estimate of drug-likeness (QED) is 0.790. The van der Waals surface area contributed by atoms with E-state index in [2.05, 4.69) is 29.6 Å². The largest absolute Gasteiger partial charge is 0.449 e. The summed E-state index contributed by atoms with van der Waals surface area (Å²) in [5.41, 5.74) is 5.11. The molecule has 2 aromatic rings. The summed E-state index contributed by atoms with van der Waals surface area (Å²) in [7, 11) is 0. The van der Waals surface area contributed by atoms with Crippen LogP contribution in [0, 0.1) is 5.41 Å². The van der Waals surface area contributed by atoms with Gasteiger partial charge in [-0.1, -0.05) is 48.5 Å². The molecule has 0 atom stereocenters. The predicted molar refractivity (Wildman–Crippen MR) is 101 cm³/mol. The lowest BCUT2D eigenvalue weighted by Crippen LogP contribution is -2.31. The SMILES string of the molecule is O=C(NCC1(CCCO)CC1)OCC1c2ccccc2-c2ccccc21. The first-order chi connectivity index (χ1) is 12.7. The fraction of sp³-hybridized carbons (Fsp3) is 0.409. The molecule has 0 aromatic heterocycles. The summed E-state index contributed by atoms with van der Waals surface area (Å²) in [5, 5.41) is 11.9. The smallest absolute Gasteiger partial charge is 0.407 e. The Kier molecular flexibility index (Phi) is 4.68. The van der Waals surface area contributed by atoms with Crippen LogP contribution in [0.15, 0.2) is 48.5 Å². The van der Waals surface area contributed by atoms with Crippen molar-refractivity contribution in [3.05, 3.63) is 59.7 Å². The topological polar surface area (TPSA) is 58.6 Å². The monoisotopic (exact) mass is 351 g/mol. The lowest BCUT2D eigenvalue weighted by Gasteiger charge is -2.17. The number of aliphatic hydroxyl groups excluding tert-OH is 1. The molecular formula is C22H25NO3. The molecule has 0 saturated heterocycles. The normalized spacial score (nSPS) is 16.7. The number of hydrogen-bond acceptors (Lipinski definition) is 3. The van der Waals surface area contributed by atoms with Gasteiger partial charge >= 0.3 is 6.09 Å². The second-order valence-corrected chi connectivity index (χ2v) is 7.51. The molecule has 4 nitrogen and oxygen atoms in total. The highest BCUT2D eigenvalue weighted by atomic mass is 16.5. The molecule has 1 amide bonds. The number of hydrogen-bond donors (Lipinski definition) is 2. The van der Waals surface area contributed by atoms with Crippen LogP contribution in [0.1, 0.15) is 42.7 Å². The number of amides is 1. The van der Waals surface area contributed by atoms with Crippen molar-refractivity contribution < 1.29 is 14.6 Å². The van der Waals surface area contributed by atoms with E-state index >= 15 is 0 Å². The number of rotatable bonds is 7. The average Bonchev–Trinajstić information content (AvgIpc) is 3.39. The van der Waals surface area contributed by atoms with Crippen LogP contribution in [0.2, 0.25) is 0 Å². The minimum atomic E-state index is -0.345. The molecule has 0 radical (unpaired) electrons. The molecule has 26 heavy (non-hydrogen) atoms. The summed E-state index contributed by atoms with van der Waals surface area (Å²) >= 11 is 0. The van der Waals surface area contributed by atoms with E-state index < -0.39 is 0 Å². The Hall–Kier alpha value is -2.33. The van der Waals surface area contributed by atoms with E-state index in [-0.39, 0.29) is 24.0 Å². The first kappa shape index (κ1) is 17.1. The van der Waals surface area contributed by atoms with E-state index in [0.717, 1.165) is 25.7 Å². The fourth-order valence-corrected chi connectivity index (χ4v) is 4.06. The molecule has 0 unspecified atom stereocenters. The van der Waals surface area contributed by atoms with Gasteiger partial charge in [-0.2, -0.15) is 0 Å². The first-order valence-electron chi connectivity index (χ1n) is 9.42. The van der Waals surface area contributed by atoms with E-state index in [9.17, 15) is 4.79 Å². The Morgan fingerprint density at radius 3 is 2.27 bits per heavy atom. The first-order valence-corrected chi connectivity index (χ1v) is 9.42. The lowest BCUT2D eigenvalue weighted by atomic mass is 9.98. The van der Waals surface area contributed by atoms with Gasteiger partial charge in [-0.15, -0.1) is 0 Å². The zero-order valence-corrected chi connectivity index (χ0v) is 14.9. The Labute approximate surface area is 154 Å². The Bertz CT molecular complexity index is 752. The third-order valence-corrected chi connectivity index (χ3v) is 5.77. The second-order valence-electron chi connectivity index (χ2n) is 7.51. The van der Waals surface area contributed by atoms with Crippen molar-refractivity contribution in [2.45, 2.75) is 31.6 Å². The molecule has 2 aliphatic rings. The number of fused-ring (bicyclic) bond motifs is 3. The summed E-state index contributed by atoms with van der Waals surface area (Å²) < 4.78 is 5.57. The average molecular weight is 351 g/mol. The number of ether oxygens (including phenoxy) is 1. The van der Waals surface area contributed by atoms with Gasteiger partial charge in [-0.05, 0) is 53.4 Å². The van der Waals surface area contributed by atoms with Crippen LogP contribution in [-0.2, 0) is 4.74 Å². The van der Waals surface area contributed by atoms with E-state index in [1.54, 1.807) is 0 Å². The summed E-state index contributed by atoms with van der Waals surface area (Å²) in [6, 6.07) is 16.7. The van der Waals surface area contributed by atoms with Gasteiger partial charge in [-0.25, -0.2) is 4.79 Å². The molecule has 0 aliphatic heterocycles. The number of carbonyl (C=O) groups excluding carboxylic acids is 1. The number of alkyl carbamates (subject to hydrolysis) is 1. The van der Waals surface area contributed by atoms with E-state index in [0.29, 0.717) is 13.2 Å². The van der Waals surface area contributed by atoms with Crippen molar-refractivity contribution in [2.24, 2.45) is 5.41 Å². The minimum absolute atomic E-state index is 0.0948. The molecule has 4 rings (SSSR count). The van der Waals surface area contributed by atoms with Crippen LogP contribution < -0.4 is 5.32 Å². The Morgan fingerprint density at radius 2 is 1.69 bits per heavy atom. The van der Waals surface area contributed by atoms with Gasteiger partial charge in [0.2, 0.25) is 0 Å². The highest BCUT2D eigenvalue weighted by molar-refractivity contribution is 5.79. The molecule has 2 aliphatic carbocycles. The van der Waals surface area contributed by atoms with Crippen LogP contribution >= 0.6 is 0 Å². The maximum absolute atomic E-state index is 12.2. The van der Waals surface area contributed by atoms with Crippen LogP contribution in [0.3, 0.4) is 0 Å². The molecule has 136 valence electrons. The van der Waals surface area contributed by atoms with E-state index in [1.807, 2.05) is 24.3 Å².